The van der Waals surface area contributed by atoms with Gasteiger partial charge in [0.1, 0.15) is 17.4 Å². The van der Waals surface area contributed by atoms with Crippen LogP contribution in [-0.2, 0) is 15.3 Å². The number of hydrogen-bond acceptors (Lipinski definition) is 6. The van der Waals surface area contributed by atoms with Gasteiger partial charge in [-0.05, 0) is 50.2 Å². The fourth-order valence-corrected chi connectivity index (χ4v) is 3.38. The van der Waals surface area contributed by atoms with Gasteiger partial charge in [0, 0.05) is 30.4 Å². The van der Waals surface area contributed by atoms with Crippen LogP contribution >= 0.6 is 0 Å². The quantitative estimate of drug-likeness (QED) is 0.341. The van der Waals surface area contributed by atoms with Gasteiger partial charge in [0.05, 0.1) is 0 Å². The zero-order chi connectivity index (χ0) is 24.1. The highest BCUT2D eigenvalue weighted by molar-refractivity contribution is 5.97. The molecule has 0 radical (unpaired) electrons. The molecule has 1 aliphatic heterocycles. The highest BCUT2D eigenvalue weighted by Crippen LogP contribution is 2.36. The maximum absolute atomic E-state index is 13.5. The first kappa shape index (κ1) is 22.9. The SMILES string of the molecule is C/C(=N\NC(=O)COc1ccc(C)cc1)N1N=C(c2ccncc2)OC1(C)c1ccc(F)cc1. The van der Waals surface area contributed by atoms with E-state index in [1.165, 1.54) is 17.1 Å². The van der Waals surface area contributed by atoms with Gasteiger partial charge in [-0.1, -0.05) is 29.8 Å². The number of nitrogens with one attached hydrogen (secondary N) is 1. The minimum absolute atomic E-state index is 0.197. The van der Waals surface area contributed by atoms with E-state index >= 15 is 0 Å². The van der Waals surface area contributed by atoms with Gasteiger partial charge in [0.2, 0.25) is 11.6 Å². The number of halogens is 1. The number of carbonyl (C=O) groups is 1. The van der Waals surface area contributed by atoms with Gasteiger partial charge in [-0.3, -0.25) is 9.78 Å². The van der Waals surface area contributed by atoms with Crippen molar-refractivity contribution < 1.29 is 18.7 Å². The zero-order valence-electron chi connectivity index (χ0n) is 19.0. The summed E-state index contributed by atoms with van der Waals surface area (Å²) < 4.78 is 25.3. The number of hydrazone groups is 2. The predicted octanol–water partition coefficient (Wildman–Crippen LogP) is 3.92. The molecule has 1 aromatic heterocycles. The van der Waals surface area contributed by atoms with E-state index in [-0.39, 0.29) is 12.4 Å². The Morgan fingerprint density at radius 1 is 1.12 bits per heavy atom. The lowest BCUT2D eigenvalue weighted by Gasteiger charge is -2.32. The minimum Gasteiger partial charge on any atom is -0.484 e. The summed E-state index contributed by atoms with van der Waals surface area (Å²) in [5.41, 5.74) is 3.83. The molecule has 2 aromatic carbocycles. The van der Waals surface area contributed by atoms with E-state index in [9.17, 15) is 9.18 Å². The summed E-state index contributed by atoms with van der Waals surface area (Å²) in [4.78, 5) is 16.3. The Balaban J connectivity index is 1.53. The monoisotopic (exact) mass is 461 g/mol. The van der Waals surface area contributed by atoms with Crippen molar-refractivity contribution in [1.29, 1.82) is 0 Å². The summed E-state index contributed by atoms with van der Waals surface area (Å²) in [6.45, 7) is 5.25. The summed E-state index contributed by atoms with van der Waals surface area (Å²) in [5.74, 6) is 0.502. The Bertz CT molecular complexity index is 1210. The predicted molar refractivity (Wildman–Crippen MR) is 125 cm³/mol. The van der Waals surface area contributed by atoms with Crippen molar-refractivity contribution in [1.82, 2.24) is 15.4 Å². The van der Waals surface area contributed by atoms with Crippen LogP contribution in [0, 0.1) is 12.7 Å². The lowest BCUT2D eigenvalue weighted by Crippen LogP contribution is -2.42. The van der Waals surface area contributed by atoms with Crippen LogP contribution in [0.25, 0.3) is 0 Å². The number of benzene rings is 2. The van der Waals surface area contributed by atoms with Crippen molar-refractivity contribution >= 4 is 17.6 Å². The first-order chi connectivity index (χ1) is 16.3. The molecule has 1 N–H and O–H groups in total. The third-order valence-corrected chi connectivity index (χ3v) is 5.24. The van der Waals surface area contributed by atoms with E-state index < -0.39 is 11.6 Å². The van der Waals surface area contributed by atoms with Crippen LogP contribution in [0.5, 0.6) is 5.75 Å². The minimum atomic E-state index is -1.12. The van der Waals surface area contributed by atoms with Gasteiger partial charge in [0.15, 0.2) is 6.61 Å². The van der Waals surface area contributed by atoms with Crippen molar-refractivity contribution in [2.75, 3.05) is 6.61 Å². The van der Waals surface area contributed by atoms with Crippen molar-refractivity contribution in [2.24, 2.45) is 10.2 Å². The van der Waals surface area contributed by atoms with Crippen molar-refractivity contribution in [3.63, 3.8) is 0 Å². The van der Waals surface area contributed by atoms with Crippen molar-refractivity contribution in [2.45, 2.75) is 26.5 Å². The number of rotatable bonds is 6. The molecule has 9 heteroatoms. The van der Waals surface area contributed by atoms with Crippen LogP contribution in [0.1, 0.15) is 30.5 Å². The summed E-state index contributed by atoms with van der Waals surface area (Å²) in [5, 5.41) is 10.3. The maximum Gasteiger partial charge on any atom is 0.278 e. The second-order valence-corrected chi connectivity index (χ2v) is 7.84. The molecule has 1 atom stereocenters. The van der Waals surface area contributed by atoms with E-state index in [1.54, 1.807) is 62.6 Å². The molecule has 0 saturated heterocycles. The van der Waals surface area contributed by atoms with Gasteiger partial charge in [-0.25, -0.2) is 14.8 Å². The van der Waals surface area contributed by atoms with E-state index in [4.69, 9.17) is 9.47 Å². The molecule has 3 aromatic rings. The third kappa shape index (κ3) is 5.03. The highest BCUT2D eigenvalue weighted by atomic mass is 19.1. The van der Waals surface area contributed by atoms with Crippen molar-refractivity contribution in [3.05, 3.63) is 95.6 Å². The van der Waals surface area contributed by atoms with E-state index in [2.05, 4.69) is 20.6 Å². The average Bonchev–Trinajstić information content (AvgIpc) is 3.21. The molecule has 1 amide bonds. The second-order valence-electron chi connectivity index (χ2n) is 7.84. The highest BCUT2D eigenvalue weighted by Gasteiger charge is 2.44. The molecule has 0 saturated carbocycles. The Labute approximate surface area is 196 Å². The van der Waals surface area contributed by atoms with Gasteiger partial charge in [0.25, 0.3) is 5.91 Å². The molecule has 34 heavy (non-hydrogen) atoms. The topological polar surface area (TPSA) is 88.4 Å². The van der Waals surface area contributed by atoms with Gasteiger partial charge >= 0.3 is 0 Å². The summed E-state index contributed by atoms with van der Waals surface area (Å²) in [6.07, 6.45) is 3.27. The number of pyridine rings is 1. The van der Waals surface area contributed by atoms with Crippen molar-refractivity contribution in [3.8, 4) is 5.75 Å². The molecular weight excluding hydrogens is 437 g/mol. The molecular formula is C25H24FN5O3. The van der Waals surface area contributed by atoms with E-state index in [0.29, 0.717) is 28.6 Å². The molecule has 4 rings (SSSR count). The molecule has 1 unspecified atom stereocenters. The number of carbonyl (C=O) groups excluding carboxylic acids is 1. The average molecular weight is 461 g/mol. The van der Waals surface area contributed by atoms with Crippen LogP contribution in [-0.4, -0.2) is 34.2 Å². The third-order valence-electron chi connectivity index (χ3n) is 5.24. The first-order valence-corrected chi connectivity index (χ1v) is 10.6. The number of nitrogens with zero attached hydrogens (tertiary/aromatic N) is 4. The zero-order valence-corrected chi connectivity index (χ0v) is 19.0. The standard InChI is InChI=1S/C25H24FN5O3/c1-17-4-10-22(11-5-17)33-16-23(32)29-28-18(2)31-25(3,20-6-8-21(26)9-7-20)34-24(30-31)19-12-14-27-15-13-19/h4-15H,16H2,1-3H3,(H,29,32)/b28-18+. The molecule has 0 aliphatic carbocycles. The van der Waals surface area contributed by atoms with Crippen LogP contribution < -0.4 is 10.2 Å². The summed E-state index contributed by atoms with van der Waals surface area (Å²) in [6, 6.07) is 16.9. The first-order valence-electron chi connectivity index (χ1n) is 10.6. The number of hydrogen-bond donors (Lipinski definition) is 1. The number of aryl methyl sites for hydroxylation is 1. The van der Waals surface area contributed by atoms with E-state index in [1.807, 2.05) is 19.1 Å². The number of amides is 1. The molecule has 0 fully saturated rings. The van der Waals surface area contributed by atoms with Gasteiger partial charge < -0.3 is 9.47 Å². The summed E-state index contributed by atoms with van der Waals surface area (Å²) in [7, 11) is 0. The van der Waals surface area contributed by atoms with E-state index in [0.717, 1.165) is 5.56 Å². The fourth-order valence-electron chi connectivity index (χ4n) is 3.38. The lowest BCUT2D eigenvalue weighted by atomic mass is 10.0. The second kappa shape index (κ2) is 9.70. The molecule has 2 heterocycles. The largest absolute Gasteiger partial charge is 0.484 e. The Hall–Kier alpha value is -4.27. The Morgan fingerprint density at radius 2 is 1.79 bits per heavy atom. The normalized spacial score (nSPS) is 17.7. The fraction of sp³-hybridized carbons (Fsp3) is 0.200. The maximum atomic E-state index is 13.5. The number of ether oxygens (including phenoxy) is 2. The molecule has 1 aliphatic rings. The lowest BCUT2D eigenvalue weighted by molar-refractivity contribution is -0.123. The number of aromatic nitrogens is 1. The number of amidine groups is 1. The molecule has 8 nitrogen and oxygen atoms in total. The van der Waals surface area contributed by atoms with Crippen LogP contribution in [0.3, 0.4) is 0 Å². The molecule has 174 valence electrons. The summed E-state index contributed by atoms with van der Waals surface area (Å²) >= 11 is 0. The van der Waals surface area contributed by atoms with Crippen LogP contribution in [0.15, 0.2) is 83.3 Å². The molecule has 0 bridgehead atoms. The Morgan fingerprint density at radius 3 is 2.47 bits per heavy atom. The Kier molecular flexibility index (Phi) is 6.53. The van der Waals surface area contributed by atoms with Gasteiger partial charge in [-0.15, -0.1) is 5.10 Å². The van der Waals surface area contributed by atoms with Crippen LogP contribution in [0.2, 0.25) is 0 Å². The van der Waals surface area contributed by atoms with Gasteiger partial charge in [-0.2, -0.15) is 5.10 Å². The van der Waals surface area contributed by atoms with Crippen LogP contribution in [0.4, 0.5) is 4.39 Å². The smallest absolute Gasteiger partial charge is 0.278 e. The molecule has 0 spiro atoms.